The Morgan fingerprint density at radius 1 is 0.943 bits per heavy atom. The van der Waals surface area contributed by atoms with Crippen LogP contribution in [0.3, 0.4) is 0 Å². The molecule has 290 valence electrons. The van der Waals surface area contributed by atoms with Gasteiger partial charge in [0.15, 0.2) is 9.84 Å². The van der Waals surface area contributed by atoms with Crippen LogP contribution in [0.5, 0.6) is 5.75 Å². The second kappa shape index (κ2) is 19.7. The van der Waals surface area contributed by atoms with E-state index >= 15 is 0 Å². The molecule has 1 N–H and O–H groups in total. The number of nitrogens with one attached hydrogen (secondary N) is 1. The van der Waals surface area contributed by atoms with Crippen molar-refractivity contribution in [1.29, 1.82) is 0 Å². The number of hydrogen-bond acceptors (Lipinski definition) is 11. The first-order chi connectivity index (χ1) is 25.7. The number of carbonyl (C=O) groups is 1. The highest BCUT2D eigenvalue weighted by Crippen LogP contribution is 2.38. The van der Waals surface area contributed by atoms with Crippen LogP contribution < -0.4 is 15.0 Å². The number of ether oxygens (including phenoxy) is 6. The molecule has 5 rings (SSSR count). The fourth-order valence-electron chi connectivity index (χ4n) is 7.41. The number of fused-ring (bicyclic) bond motifs is 1. The minimum Gasteiger partial charge on any atom is -0.490 e. The van der Waals surface area contributed by atoms with Gasteiger partial charge in [0, 0.05) is 45.9 Å². The first kappa shape index (κ1) is 40.7. The highest BCUT2D eigenvalue weighted by molar-refractivity contribution is 7.92. The summed E-state index contributed by atoms with van der Waals surface area (Å²) < 4.78 is 63.0. The molecule has 0 aliphatic carbocycles. The Bertz CT molecular complexity index is 1700. The number of benzene rings is 3. The van der Waals surface area contributed by atoms with Crippen molar-refractivity contribution < 1.29 is 41.6 Å². The summed E-state index contributed by atoms with van der Waals surface area (Å²) in [6, 6.07) is 20.7. The van der Waals surface area contributed by atoms with Crippen molar-refractivity contribution in [2.24, 2.45) is 5.92 Å². The number of rotatable bonds is 19. The Morgan fingerprint density at radius 2 is 1.68 bits per heavy atom. The topological polar surface area (TPSA) is 122 Å². The molecule has 0 spiro atoms. The lowest BCUT2D eigenvalue weighted by Crippen LogP contribution is -2.57. The summed E-state index contributed by atoms with van der Waals surface area (Å²) >= 11 is 0. The Kier molecular flexibility index (Phi) is 15.1. The fraction of sp³-hybridized carbons (Fsp3) is 0.537. The summed E-state index contributed by atoms with van der Waals surface area (Å²) in [6.07, 6.45) is 1.39. The number of esters is 1. The summed E-state index contributed by atoms with van der Waals surface area (Å²) in [7, 11) is 0.715. The number of nitrogens with zero attached hydrogens (tertiary/aromatic N) is 1. The van der Waals surface area contributed by atoms with Crippen molar-refractivity contribution in [2.75, 3.05) is 72.3 Å². The predicted octanol–water partition coefficient (Wildman–Crippen LogP) is 5.47. The Labute approximate surface area is 315 Å². The standard InChI is InChI=1S/C41H56N2O9S/c1-6-34(41(44)49-5)40(53(45,46)33-15-8-29(2)9-16-33)36-25-35(32-13-10-30(11-14-32)27-50-23-22-48-4)39(26-42-36)52-28-31-12-17-38-37(24-31)43(19-21-51-38)18-7-20-47-3/h8-17,24,34-36,39-40,42H,6-7,18-23,25-28H2,1-5H3/t34?,35-,36+,39+,40?/m1/s1. The molecule has 0 amide bonds. The highest BCUT2D eigenvalue weighted by atomic mass is 32.2. The third-order valence-corrected chi connectivity index (χ3v) is 12.6. The minimum atomic E-state index is -3.96. The maximum Gasteiger partial charge on any atom is 0.310 e. The molecule has 0 radical (unpaired) electrons. The van der Waals surface area contributed by atoms with E-state index in [1.54, 1.807) is 38.5 Å². The Morgan fingerprint density at radius 3 is 2.38 bits per heavy atom. The molecule has 2 aliphatic rings. The van der Waals surface area contributed by atoms with E-state index in [-0.39, 0.29) is 16.9 Å². The number of methoxy groups -OCH3 is 3. The molecule has 12 heteroatoms. The normalized spacial score (nSPS) is 19.9. The van der Waals surface area contributed by atoms with E-state index < -0.39 is 33.0 Å². The van der Waals surface area contributed by atoms with E-state index in [0.717, 1.165) is 53.2 Å². The highest BCUT2D eigenvalue weighted by Gasteiger charge is 2.47. The molecule has 0 bridgehead atoms. The molecular formula is C41H56N2O9S. The molecule has 2 aliphatic heterocycles. The van der Waals surface area contributed by atoms with Gasteiger partial charge in [0.1, 0.15) is 12.4 Å². The predicted molar refractivity (Wildman–Crippen MR) is 204 cm³/mol. The zero-order valence-electron chi connectivity index (χ0n) is 31.8. The average molecular weight is 753 g/mol. The number of aryl methyl sites for hydroxylation is 1. The van der Waals surface area contributed by atoms with Gasteiger partial charge in [-0.2, -0.15) is 0 Å². The molecule has 5 atom stereocenters. The molecular weight excluding hydrogens is 697 g/mol. The quantitative estimate of drug-likeness (QED) is 0.124. The number of piperidine rings is 1. The number of anilines is 1. The second-order valence-electron chi connectivity index (χ2n) is 13.8. The van der Waals surface area contributed by atoms with Crippen LogP contribution in [0.1, 0.15) is 54.4 Å². The van der Waals surface area contributed by atoms with Gasteiger partial charge >= 0.3 is 5.97 Å². The fourth-order valence-corrected chi connectivity index (χ4v) is 9.62. The van der Waals surface area contributed by atoms with Gasteiger partial charge in [0.05, 0.1) is 67.9 Å². The minimum absolute atomic E-state index is 0.165. The summed E-state index contributed by atoms with van der Waals surface area (Å²) in [6.45, 7) is 9.00. The van der Waals surface area contributed by atoms with Gasteiger partial charge in [-0.15, -0.1) is 0 Å². The molecule has 3 aromatic carbocycles. The van der Waals surface area contributed by atoms with Crippen molar-refractivity contribution in [2.45, 2.75) is 74.5 Å². The first-order valence-corrected chi connectivity index (χ1v) is 20.1. The molecule has 1 saturated heterocycles. The van der Waals surface area contributed by atoms with Crippen LogP contribution >= 0.6 is 0 Å². The second-order valence-corrected chi connectivity index (χ2v) is 15.9. The third-order valence-electron chi connectivity index (χ3n) is 10.3. The largest absolute Gasteiger partial charge is 0.490 e. The SMILES string of the molecule is CCC(C(=O)OC)C([C@@H]1C[C@H](c2ccc(COCCOC)cc2)[C@@H](OCc2ccc3c(c2)N(CCCOC)CCO3)CN1)S(=O)(=O)c1ccc(C)cc1. The van der Waals surface area contributed by atoms with Crippen molar-refractivity contribution >= 4 is 21.5 Å². The van der Waals surface area contributed by atoms with E-state index in [0.29, 0.717) is 59.0 Å². The maximum atomic E-state index is 14.5. The molecule has 11 nitrogen and oxygen atoms in total. The Hall–Kier alpha value is -3.52. The van der Waals surface area contributed by atoms with Gasteiger partial charge < -0.3 is 38.6 Å². The van der Waals surface area contributed by atoms with Crippen LogP contribution in [0, 0.1) is 12.8 Å². The van der Waals surface area contributed by atoms with Gasteiger partial charge in [-0.3, -0.25) is 4.79 Å². The molecule has 0 saturated carbocycles. The van der Waals surface area contributed by atoms with Gasteiger partial charge in [-0.25, -0.2) is 8.42 Å². The third kappa shape index (κ3) is 10.4. The number of sulfone groups is 1. The van der Waals surface area contributed by atoms with Crippen molar-refractivity contribution in [3.05, 3.63) is 89.0 Å². The van der Waals surface area contributed by atoms with Crippen LogP contribution in [-0.2, 0) is 51.5 Å². The zero-order chi connectivity index (χ0) is 37.8. The molecule has 3 aromatic rings. The maximum absolute atomic E-state index is 14.5. The Balaban J connectivity index is 1.43. The first-order valence-electron chi connectivity index (χ1n) is 18.6. The van der Waals surface area contributed by atoms with Crippen LogP contribution in [-0.4, -0.2) is 99.2 Å². The lowest BCUT2D eigenvalue weighted by molar-refractivity contribution is -0.146. The smallest absolute Gasteiger partial charge is 0.310 e. The summed E-state index contributed by atoms with van der Waals surface area (Å²) in [4.78, 5) is 15.7. The van der Waals surface area contributed by atoms with Crippen LogP contribution in [0.15, 0.2) is 71.6 Å². The van der Waals surface area contributed by atoms with Crippen molar-refractivity contribution in [3.63, 3.8) is 0 Å². The van der Waals surface area contributed by atoms with Crippen LogP contribution in [0.2, 0.25) is 0 Å². The summed E-state index contributed by atoms with van der Waals surface area (Å²) in [5.74, 6) is -0.698. The van der Waals surface area contributed by atoms with E-state index in [4.69, 9.17) is 28.4 Å². The van der Waals surface area contributed by atoms with Crippen LogP contribution in [0.4, 0.5) is 5.69 Å². The van der Waals surface area contributed by atoms with Gasteiger partial charge in [0.25, 0.3) is 0 Å². The van der Waals surface area contributed by atoms with Crippen molar-refractivity contribution in [1.82, 2.24) is 5.32 Å². The monoisotopic (exact) mass is 752 g/mol. The lowest BCUT2D eigenvalue weighted by atomic mass is 9.80. The van der Waals surface area contributed by atoms with E-state index in [1.807, 2.05) is 38.1 Å². The number of carbonyl (C=O) groups excluding carboxylic acids is 1. The van der Waals surface area contributed by atoms with E-state index in [2.05, 4.69) is 28.4 Å². The summed E-state index contributed by atoms with van der Waals surface area (Å²) in [5, 5.41) is 2.49. The lowest BCUT2D eigenvalue weighted by Gasteiger charge is -2.41. The number of hydrogen-bond donors (Lipinski definition) is 1. The summed E-state index contributed by atoms with van der Waals surface area (Å²) in [5.41, 5.74) is 5.08. The average Bonchev–Trinajstić information content (AvgIpc) is 3.18. The molecule has 53 heavy (non-hydrogen) atoms. The molecule has 0 aromatic heterocycles. The van der Waals surface area contributed by atoms with Crippen molar-refractivity contribution in [3.8, 4) is 5.75 Å². The van der Waals surface area contributed by atoms with E-state index in [1.165, 1.54) is 7.11 Å². The van der Waals surface area contributed by atoms with Gasteiger partial charge in [0.2, 0.25) is 0 Å². The van der Waals surface area contributed by atoms with Crippen LogP contribution in [0.25, 0.3) is 0 Å². The van der Waals surface area contributed by atoms with Gasteiger partial charge in [-0.05, 0) is 67.1 Å². The molecule has 2 unspecified atom stereocenters. The molecule has 2 heterocycles. The van der Waals surface area contributed by atoms with Gasteiger partial charge in [-0.1, -0.05) is 55.0 Å². The molecule has 1 fully saturated rings. The zero-order valence-corrected chi connectivity index (χ0v) is 32.6. The van der Waals surface area contributed by atoms with E-state index in [9.17, 15) is 13.2 Å².